The molecule has 0 atom stereocenters. The molecule has 0 aliphatic carbocycles. The fraction of sp³-hybridized carbons (Fsp3) is 0.0667. The van der Waals surface area contributed by atoms with Crippen LogP contribution >= 0.6 is 23.2 Å². The van der Waals surface area contributed by atoms with E-state index < -0.39 is 0 Å². The van der Waals surface area contributed by atoms with E-state index in [2.05, 4.69) is 10.1 Å². The molecule has 0 fully saturated rings. The minimum Gasteiger partial charge on any atom is -0.398 e. The number of aromatic nitrogens is 2. The summed E-state index contributed by atoms with van der Waals surface area (Å²) in [5.74, 6) is 0.807. The van der Waals surface area contributed by atoms with Crippen LogP contribution < -0.4 is 5.73 Å². The van der Waals surface area contributed by atoms with Gasteiger partial charge < -0.3 is 10.3 Å². The molecule has 0 amide bonds. The first-order valence-corrected chi connectivity index (χ1v) is 6.96. The van der Waals surface area contributed by atoms with Gasteiger partial charge in [0.05, 0.1) is 15.6 Å². The molecular formula is C15H11Cl2N3O. The van der Waals surface area contributed by atoms with Crippen molar-refractivity contribution in [3.63, 3.8) is 0 Å². The molecule has 3 rings (SSSR count). The van der Waals surface area contributed by atoms with Crippen molar-refractivity contribution in [3.8, 4) is 22.8 Å². The van der Waals surface area contributed by atoms with Crippen LogP contribution in [0, 0.1) is 6.92 Å². The van der Waals surface area contributed by atoms with Crippen LogP contribution in [0.1, 0.15) is 5.56 Å². The number of nitrogens with two attached hydrogens (primary N) is 1. The molecule has 0 saturated heterocycles. The highest BCUT2D eigenvalue weighted by Gasteiger charge is 2.14. The lowest BCUT2D eigenvalue weighted by Crippen LogP contribution is -1.91. The lowest BCUT2D eigenvalue weighted by Gasteiger charge is -2.01. The third-order valence-corrected chi connectivity index (χ3v) is 3.78. The normalized spacial score (nSPS) is 10.8. The Morgan fingerprint density at radius 1 is 1.05 bits per heavy atom. The topological polar surface area (TPSA) is 64.9 Å². The van der Waals surface area contributed by atoms with Gasteiger partial charge in [0.2, 0.25) is 5.82 Å². The summed E-state index contributed by atoms with van der Waals surface area (Å²) in [6, 6.07) is 10.8. The highest BCUT2D eigenvalue weighted by molar-refractivity contribution is 6.42. The van der Waals surface area contributed by atoms with E-state index in [-0.39, 0.29) is 0 Å². The van der Waals surface area contributed by atoms with E-state index in [1.165, 1.54) is 0 Å². The van der Waals surface area contributed by atoms with Crippen LogP contribution in [-0.4, -0.2) is 10.1 Å². The Morgan fingerprint density at radius 3 is 2.62 bits per heavy atom. The molecule has 0 saturated carbocycles. The van der Waals surface area contributed by atoms with Crippen LogP contribution in [0.15, 0.2) is 40.9 Å². The fourth-order valence-electron chi connectivity index (χ4n) is 1.94. The molecule has 0 radical (unpaired) electrons. The number of halogens is 2. The monoisotopic (exact) mass is 319 g/mol. The Balaban J connectivity index is 2.03. The Morgan fingerprint density at radius 2 is 1.86 bits per heavy atom. The van der Waals surface area contributed by atoms with Gasteiger partial charge >= 0.3 is 0 Å². The van der Waals surface area contributed by atoms with E-state index >= 15 is 0 Å². The smallest absolute Gasteiger partial charge is 0.260 e. The predicted octanol–water partition coefficient (Wildman–Crippen LogP) is 4.60. The van der Waals surface area contributed by atoms with Crippen LogP contribution in [-0.2, 0) is 0 Å². The summed E-state index contributed by atoms with van der Waals surface area (Å²) in [7, 11) is 0. The number of nitrogen functional groups attached to an aromatic ring is 1. The minimum absolute atomic E-state index is 0.372. The minimum atomic E-state index is 0.372. The molecule has 1 aromatic heterocycles. The number of nitrogens with zero attached hydrogens (tertiary/aromatic N) is 2. The standard InChI is InChI=1S/C15H11Cl2N3O/c1-8-2-5-13(18)10(6-8)15-19-14(20-21-15)9-3-4-11(16)12(17)7-9/h2-7H,18H2,1H3. The number of benzene rings is 2. The molecule has 0 bridgehead atoms. The van der Waals surface area contributed by atoms with Crippen molar-refractivity contribution in [3.05, 3.63) is 52.0 Å². The summed E-state index contributed by atoms with van der Waals surface area (Å²) in [6.45, 7) is 1.97. The molecule has 2 aromatic carbocycles. The van der Waals surface area contributed by atoms with Crippen molar-refractivity contribution in [2.75, 3.05) is 5.73 Å². The van der Waals surface area contributed by atoms with Gasteiger partial charge in [-0.05, 0) is 37.3 Å². The van der Waals surface area contributed by atoms with Crippen molar-refractivity contribution in [1.29, 1.82) is 0 Å². The van der Waals surface area contributed by atoms with Gasteiger partial charge in [0.15, 0.2) is 0 Å². The van der Waals surface area contributed by atoms with Gasteiger partial charge in [-0.1, -0.05) is 40.0 Å². The largest absolute Gasteiger partial charge is 0.398 e. The van der Waals surface area contributed by atoms with Crippen LogP contribution in [0.2, 0.25) is 10.0 Å². The van der Waals surface area contributed by atoms with Gasteiger partial charge in [0, 0.05) is 11.3 Å². The molecule has 6 heteroatoms. The second kappa shape index (κ2) is 5.39. The maximum atomic E-state index is 6.00. The molecule has 2 N–H and O–H groups in total. The molecular weight excluding hydrogens is 309 g/mol. The zero-order valence-corrected chi connectivity index (χ0v) is 12.6. The van der Waals surface area contributed by atoms with Crippen LogP contribution in [0.25, 0.3) is 22.8 Å². The SMILES string of the molecule is Cc1ccc(N)c(-c2nc(-c3ccc(Cl)c(Cl)c3)no2)c1. The lowest BCUT2D eigenvalue weighted by atomic mass is 10.1. The van der Waals surface area contributed by atoms with Crippen molar-refractivity contribution in [2.24, 2.45) is 0 Å². The van der Waals surface area contributed by atoms with E-state index in [0.717, 1.165) is 11.1 Å². The van der Waals surface area contributed by atoms with Crippen molar-refractivity contribution in [1.82, 2.24) is 10.1 Å². The summed E-state index contributed by atoms with van der Waals surface area (Å²) in [4.78, 5) is 4.36. The Labute approximate surface area is 131 Å². The number of anilines is 1. The van der Waals surface area contributed by atoms with Crippen molar-refractivity contribution >= 4 is 28.9 Å². The highest BCUT2D eigenvalue weighted by Crippen LogP contribution is 2.30. The van der Waals surface area contributed by atoms with Crippen molar-refractivity contribution < 1.29 is 4.52 Å². The number of hydrogen-bond donors (Lipinski definition) is 1. The molecule has 0 aliphatic rings. The zero-order valence-electron chi connectivity index (χ0n) is 11.1. The van der Waals surface area contributed by atoms with Crippen LogP contribution in [0.3, 0.4) is 0 Å². The quantitative estimate of drug-likeness (QED) is 0.701. The second-order valence-electron chi connectivity index (χ2n) is 4.64. The summed E-state index contributed by atoms with van der Waals surface area (Å²) < 4.78 is 5.29. The van der Waals surface area contributed by atoms with Crippen molar-refractivity contribution in [2.45, 2.75) is 6.92 Å². The van der Waals surface area contributed by atoms with Gasteiger partial charge in [-0.3, -0.25) is 0 Å². The summed E-state index contributed by atoms with van der Waals surface area (Å²) in [5.41, 5.74) is 9.04. The summed E-state index contributed by atoms with van der Waals surface area (Å²) >= 11 is 11.9. The second-order valence-corrected chi connectivity index (χ2v) is 5.46. The maximum absolute atomic E-state index is 6.00. The van der Waals surface area contributed by atoms with Crippen LogP contribution in [0.4, 0.5) is 5.69 Å². The highest BCUT2D eigenvalue weighted by atomic mass is 35.5. The Hall–Kier alpha value is -2.04. The molecule has 4 nitrogen and oxygen atoms in total. The Bertz CT molecular complexity index is 814. The first-order chi connectivity index (χ1) is 10.0. The number of rotatable bonds is 2. The van der Waals surface area contributed by atoms with Gasteiger partial charge in [-0.2, -0.15) is 4.98 Å². The van der Waals surface area contributed by atoms with Crippen LogP contribution in [0.5, 0.6) is 0 Å². The predicted molar refractivity (Wildman–Crippen MR) is 84.3 cm³/mol. The van der Waals surface area contributed by atoms with E-state index in [0.29, 0.717) is 33.0 Å². The van der Waals surface area contributed by atoms with E-state index in [4.69, 9.17) is 33.5 Å². The van der Waals surface area contributed by atoms with E-state index in [9.17, 15) is 0 Å². The molecule has 0 aliphatic heterocycles. The average Bonchev–Trinajstić information content (AvgIpc) is 2.94. The molecule has 0 spiro atoms. The maximum Gasteiger partial charge on any atom is 0.260 e. The molecule has 1 heterocycles. The first-order valence-electron chi connectivity index (χ1n) is 6.20. The Kier molecular flexibility index (Phi) is 3.57. The zero-order chi connectivity index (χ0) is 15.0. The summed E-state index contributed by atoms with van der Waals surface area (Å²) in [5, 5.41) is 4.88. The van der Waals surface area contributed by atoms with Gasteiger partial charge in [0.25, 0.3) is 5.89 Å². The van der Waals surface area contributed by atoms with E-state index in [1.807, 2.05) is 25.1 Å². The third-order valence-electron chi connectivity index (χ3n) is 3.04. The molecule has 21 heavy (non-hydrogen) atoms. The first kappa shape index (κ1) is 13.9. The fourth-order valence-corrected chi connectivity index (χ4v) is 2.24. The number of hydrogen-bond acceptors (Lipinski definition) is 4. The average molecular weight is 320 g/mol. The van der Waals surface area contributed by atoms with Gasteiger partial charge in [0.1, 0.15) is 0 Å². The number of aryl methyl sites for hydroxylation is 1. The lowest BCUT2D eigenvalue weighted by molar-refractivity contribution is 0.432. The van der Waals surface area contributed by atoms with E-state index in [1.54, 1.807) is 18.2 Å². The summed E-state index contributed by atoms with van der Waals surface area (Å²) in [6.07, 6.45) is 0. The third kappa shape index (κ3) is 2.73. The molecule has 0 unspecified atom stereocenters. The molecule has 3 aromatic rings. The molecule has 106 valence electrons. The van der Waals surface area contributed by atoms with Gasteiger partial charge in [-0.25, -0.2) is 0 Å². The van der Waals surface area contributed by atoms with Gasteiger partial charge in [-0.15, -0.1) is 0 Å².